The van der Waals surface area contributed by atoms with Crippen molar-refractivity contribution >= 4 is 18.3 Å². The number of amides is 1. The molecule has 2 saturated heterocycles. The molecule has 3 heterocycles. The SMILES string of the molecule is CC1(C)CN(C(=O)c2cn(C3CCNCC3)nn2)CCO1.Cl. The van der Waals surface area contributed by atoms with E-state index in [-0.39, 0.29) is 23.9 Å². The van der Waals surface area contributed by atoms with Crippen molar-refractivity contribution < 1.29 is 9.53 Å². The van der Waals surface area contributed by atoms with Crippen LogP contribution in [0, 0.1) is 0 Å². The minimum absolute atomic E-state index is 0. The number of carbonyl (C=O) groups excluding carboxylic acids is 1. The van der Waals surface area contributed by atoms with Gasteiger partial charge in [0.2, 0.25) is 0 Å². The van der Waals surface area contributed by atoms with Gasteiger partial charge in [-0.25, -0.2) is 4.68 Å². The first-order valence-corrected chi connectivity index (χ1v) is 7.61. The van der Waals surface area contributed by atoms with Crippen LogP contribution in [-0.4, -0.2) is 64.2 Å². The van der Waals surface area contributed by atoms with Crippen LogP contribution in [-0.2, 0) is 4.74 Å². The monoisotopic (exact) mass is 329 g/mol. The molecule has 0 aromatic carbocycles. The lowest BCUT2D eigenvalue weighted by atomic mass is 10.1. The zero-order valence-corrected chi connectivity index (χ0v) is 13.9. The third kappa shape index (κ3) is 3.77. The lowest BCUT2D eigenvalue weighted by Gasteiger charge is -2.37. The van der Waals surface area contributed by atoms with Crippen molar-refractivity contribution in [3.8, 4) is 0 Å². The first kappa shape index (κ1) is 17.2. The summed E-state index contributed by atoms with van der Waals surface area (Å²) in [4.78, 5) is 14.3. The summed E-state index contributed by atoms with van der Waals surface area (Å²) in [7, 11) is 0. The van der Waals surface area contributed by atoms with Crippen LogP contribution in [0.5, 0.6) is 0 Å². The highest BCUT2D eigenvalue weighted by Gasteiger charge is 2.31. The minimum Gasteiger partial charge on any atom is -0.372 e. The normalized spacial score (nSPS) is 22.2. The summed E-state index contributed by atoms with van der Waals surface area (Å²) in [5.74, 6) is -0.0495. The molecule has 0 radical (unpaired) electrons. The fourth-order valence-electron chi connectivity index (χ4n) is 2.98. The molecule has 1 aromatic rings. The zero-order chi connectivity index (χ0) is 14.9. The third-order valence-corrected chi connectivity index (χ3v) is 4.13. The average molecular weight is 330 g/mol. The summed E-state index contributed by atoms with van der Waals surface area (Å²) < 4.78 is 7.49. The predicted molar refractivity (Wildman–Crippen MR) is 84.3 cm³/mol. The highest BCUT2D eigenvalue weighted by Crippen LogP contribution is 2.20. The molecule has 2 fully saturated rings. The van der Waals surface area contributed by atoms with Crippen molar-refractivity contribution in [2.24, 2.45) is 0 Å². The zero-order valence-electron chi connectivity index (χ0n) is 13.1. The maximum Gasteiger partial charge on any atom is 0.276 e. The number of hydrogen-bond donors (Lipinski definition) is 1. The van der Waals surface area contributed by atoms with Gasteiger partial charge in [-0.15, -0.1) is 17.5 Å². The maximum atomic E-state index is 12.5. The molecule has 22 heavy (non-hydrogen) atoms. The van der Waals surface area contributed by atoms with Gasteiger partial charge in [0.1, 0.15) is 0 Å². The second-order valence-electron chi connectivity index (χ2n) is 6.40. The molecule has 1 aromatic heterocycles. The first-order valence-electron chi connectivity index (χ1n) is 7.61. The molecule has 0 unspecified atom stereocenters. The number of morpholine rings is 1. The van der Waals surface area contributed by atoms with E-state index in [9.17, 15) is 4.79 Å². The number of aromatic nitrogens is 3. The fourth-order valence-corrected chi connectivity index (χ4v) is 2.98. The molecule has 7 nitrogen and oxygen atoms in total. The number of carbonyl (C=O) groups is 1. The van der Waals surface area contributed by atoms with Crippen LogP contribution in [0.4, 0.5) is 0 Å². The Morgan fingerprint density at radius 3 is 2.82 bits per heavy atom. The van der Waals surface area contributed by atoms with Crippen molar-refractivity contribution in [1.82, 2.24) is 25.2 Å². The molecule has 8 heteroatoms. The van der Waals surface area contributed by atoms with Gasteiger partial charge < -0.3 is 15.0 Å². The van der Waals surface area contributed by atoms with Crippen LogP contribution in [0.15, 0.2) is 6.20 Å². The Morgan fingerprint density at radius 1 is 1.41 bits per heavy atom. The van der Waals surface area contributed by atoms with E-state index >= 15 is 0 Å². The van der Waals surface area contributed by atoms with Crippen LogP contribution in [0.2, 0.25) is 0 Å². The number of nitrogens with one attached hydrogen (secondary N) is 1. The van der Waals surface area contributed by atoms with Crippen molar-refractivity contribution in [3.05, 3.63) is 11.9 Å². The molecule has 2 aliphatic heterocycles. The van der Waals surface area contributed by atoms with Crippen LogP contribution < -0.4 is 5.32 Å². The Balaban J connectivity index is 0.00000176. The summed E-state index contributed by atoms with van der Waals surface area (Å²) in [6, 6.07) is 0.349. The van der Waals surface area contributed by atoms with Gasteiger partial charge in [0.05, 0.1) is 24.4 Å². The molecule has 1 N–H and O–H groups in total. The molecule has 0 atom stereocenters. The van der Waals surface area contributed by atoms with E-state index in [2.05, 4.69) is 15.6 Å². The van der Waals surface area contributed by atoms with Crippen LogP contribution in [0.3, 0.4) is 0 Å². The second kappa shape index (κ2) is 6.93. The van der Waals surface area contributed by atoms with Crippen LogP contribution in [0.25, 0.3) is 0 Å². The van der Waals surface area contributed by atoms with Gasteiger partial charge in [0.25, 0.3) is 5.91 Å². The summed E-state index contributed by atoms with van der Waals surface area (Å²) >= 11 is 0. The lowest BCUT2D eigenvalue weighted by molar-refractivity contribution is -0.0765. The van der Waals surface area contributed by atoms with Crippen molar-refractivity contribution in [2.75, 3.05) is 32.8 Å². The Hall–Kier alpha value is -1.18. The average Bonchev–Trinajstić information content (AvgIpc) is 2.96. The summed E-state index contributed by atoms with van der Waals surface area (Å²) in [6.07, 6.45) is 3.85. The molecule has 0 aliphatic carbocycles. The van der Waals surface area contributed by atoms with Gasteiger partial charge >= 0.3 is 0 Å². The molecular weight excluding hydrogens is 306 g/mol. The molecule has 1 amide bonds. The molecule has 0 spiro atoms. The fraction of sp³-hybridized carbons (Fsp3) is 0.786. The second-order valence-corrected chi connectivity index (χ2v) is 6.40. The number of nitrogens with zero attached hydrogens (tertiary/aromatic N) is 4. The predicted octanol–water partition coefficient (Wildman–Crippen LogP) is 0.875. The topological polar surface area (TPSA) is 72.3 Å². The van der Waals surface area contributed by atoms with E-state index in [0.29, 0.717) is 31.4 Å². The first-order chi connectivity index (χ1) is 10.1. The van der Waals surface area contributed by atoms with Crippen molar-refractivity contribution in [3.63, 3.8) is 0 Å². The van der Waals surface area contributed by atoms with Crippen LogP contribution >= 0.6 is 12.4 Å². The van der Waals surface area contributed by atoms with Crippen LogP contribution in [0.1, 0.15) is 43.2 Å². The third-order valence-electron chi connectivity index (χ3n) is 4.13. The Bertz CT molecular complexity index is 513. The Labute approximate surface area is 136 Å². The number of hydrogen-bond acceptors (Lipinski definition) is 5. The quantitative estimate of drug-likeness (QED) is 0.872. The van der Waals surface area contributed by atoms with Gasteiger partial charge in [0.15, 0.2) is 5.69 Å². The molecular formula is C14H24ClN5O2. The van der Waals surface area contributed by atoms with Gasteiger partial charge in [-0.05, 0) is 39.8 Å². The smallest absolute Gasteiger partial charge is 0.276 e. The Morgan fingerprint density at radius 2 is 2.14 bits per heavy atom. The number of halogens is 1. The van der Waals surface area contributed by atoms with Gasteiger partial charge in [-0.1, -0.05) is 5.21 Å². The number of ether oxygens (including phenoxy) is 1. The number of rotatable bonds is 2. The molecule has 0 saturated carbocycles. The molecule has 2 aliphatic rings. The number of piperidine rings is 1. The van der Waals surface area contributed by atoms with Gasteiger partial charge in [0, 0.05) is 13.1 Å². The summed E-state index contributed by atoms with van der Waals surface area (Å²) in [5.41, 5.74) is 0.144. The highest BCUT2D eigenvalue weighted by molar-refractivity contribution is 5.92. The van der Waals surface area contributed by atoms with Gasteiger partial charge in [-0.3, -0.25) is 4.79 Å². The van der Waals surface area contributed by atoms with E-state index < -0.39 is 0 Å². The molecule has 0 bridgehead atoms. The summed E-state index contributed by atoms with van der Waals surface area (Å²) in [6.45, 7) is 7.75. The van der Waals surface area contributed by atoms with E-state index in [0.717, 1.165) is 25.9 Å². The highest BCUT2D eigenvalue weighted by atomic mass is 35.5. The lowest BCUT2D eigenvalue weighted by Crippen LogP contribution is -2.50. The van der Waals surface area contributed by atoms with Gasteiger partial charge in [-0.2, -0.15) is 0 Å². The van der Waals surface area contributed by atoms with E-state index in [1.165, 1.54) is 0 Å². The minimum atomic E-state index is -0.293. The summed E-state index contributed by atoms with van der Waals surface area (Å²) in [5, 5.41) is 11.6. The molecule has 124 valence electrons. The molecule has 3 rings (SSSR count). The van der Waals surface area contributed by atoms with E-state index in [4.69, 9.17) is 4.74 Å². The van der Waals surface area contributed by atoms with Crippen molar-refractivity contribution in [2.45, 2.75) is 38.3 Å². The standard InChI is InChI=1S/C14H23N5O2.ClH/c1-14(2)10-18(7-8-21-14)13(20)12-9-19(17-16-12)11-3-5-15-6-4-11;/h9,11,15H,3-8,10H2,1-2H3;1H. The largest absolute Gasteiger partial charge is 0.372 e. The Kier molecular flexibility index (Phi) is 5.41. The van der Waals surface area contributed by atoms with E-state index in [1.807, 2.05) is 18.5 Å². The van der Waals surface area contributed by atoms with Crippen molar-refractivity contribution in [1.29, 1.82) is 0 Å². The van der Waals surface area contributed by atoms with E-state index in [1.54, 1.807) is 11.1 Å². The maximum absolute atomic E-state index is 12.5.